The molecule has 1 N–H and O–H groups in total. The number of hydrogen-bond donors (Lipinski definition) is 1. The number of esters is 2. The van der Waals surface area contributed by atoms with Crippen molar-refractivity contribution in [2.45, 2.75) is 65.9 Å². The minimum atomic E-state index is -0.687. The molecule has 0 radical (unpaired) electrons. The van der Waals surface area contributed by atoms with Crippen LogP contribution in [0.3, 0.4) is 0 Å². The van der Waals surface area contributed by atoms with Crippen molar-refractivity contribution >= 4 is 11.9 Å². The molecule has 1 heterocycles. The highest BCUT2D eigenvalue weighted by Gasteiger charge is 2.35. The Morgan fingerprint density at radius 2 is 1.92 bits per heavy atom. The summed E-state index contributed by atoms with van der Waals surface area (Å²) in [5.41, 5.74) is 0.772. The second-order valence-corrected chi connectivity index (χ2v) is 6.99. The van der Waals surface area contributed by atoms with E-state index in [1.54, 1.807) is 26.0 Å². The van der Waals surface area contributed by atoms with Crippen molar-refractivity contribution in [2.24, 2.45) is 5.41 Å². The molecular formula is C20H30O5. The van der Waals surface area contributed by atoms with Crippen LogP contribution in [-0.2, 0) is 19.1 Å². The van der Waals surface area contributed by atoms with E-state index in [-0.39, 0.29) is 5.97 Å². The van der Waals surface area contributed by atoms with E-state index in [2.05, 4.69) is 13.8 Å². The highest BCUT2D eigenvalue weighted by atomic mass is 16.6. The molecule has 1 aliphatic heterocycles. The van der Waals surface area contributed by atoms with Gasteiger partial charge in [-0.3, -0.25) is 4.79 Å². The summed E-state index contributed by atoms with van der Waals surface area (Å²) in [5, 5.41) is 9.01. The van der Waals surface area contributed by atoms with Gasteiger partial charge in [-0.05, 0) is 50.3 Å². The molecule has 1 saturated heterocycles. The van der Waals surface area contributed by atoms with Crippen molar-refractivity contribution in [3.05, 3.63) is 29.8 Å². The van der Waals surface area contributed by atoms with Gasteiger partial charge in [0.2, 0.25) is 6.10 Å². The summed E-state index contributed by atoms with van der Waals surface area (Å²) >= 11 is 0. The lowest BCUT2D eigenvalue weighted by atomic mass is 9.90. The number of ether oxygens (including phenoxy) is 2. The Bertz CT molecular complexity index is 562. The molecule has 140 valence electrons. The second-order valence-electron chi connectivity index (χ2n) is 6.99. The lowest BCUT2D eigenvalue weighted by molar-refractivity contribution is -0.167. The van der Waals surface area contributed by atoms with E-state index in [0.717, 1.165) is 6.42 Å². The largest absolute Gasteiger partial charge is 0.508 e. The molecule has 5 heteroatoms. The van der Waals surface area contributed by atoms with Gasteiger partial charge in [-0.25, -0.2) is 4.79 Å². The third kappa shape index (κ3) is 6.40. The highest BCUT2D eigenvalue weighted by Crippen LogP contribution is 2.24. The van der Waals surface area contributed by atoms with E-state index in [1.807, 2.05) is 19.1 Å². The molecule has 0 saturated carbocycles. The SMILES string of the molecule is CCC(C)(C)C(=O)OC1CCOC1=O.CCC(C)c1ccc(O)cc1. The third-order valence-corrected chi connectivity index (χ3v) is 4.65. The normalized spacial score (nSPS) is 18.0. The van der Waals surface area contributed by atoms with E-state index < -0.39 is 17.5 Å². The first-order chi connectivity index (χ1) is 11.7. The third-order valence-electron chi connectivity index (χ3n) is 4.65. The maximum absolute atomic E-state index is 11.6. The fourth-order valence-electron chi connectivity index (χ4n) is 2.06. The lowest BCUT2D eigenvalue weighted by Gasteiger charge is -2.21. The fraction of sp³-hybridized carbons (Fsp3) is 0.600. The monoisotopic (exact) mass is 350 g/mol. The van der Waals surface area contributed by atoms with Crippen LogP contribution in [0.1, 0.15) is 65.4 Å². The summed E-state index contributed by atoms with van der Waals surface area (Å²) in [5.74, 6) is 0.182. The van der Waals surface area contributed by atoms with Crippen molar-refractivity contribution in [2.75, 3.05) is 6.61 Å². The first-order valence-corrected chi connectivity index (χ1v) is 8.87. The van der Waals surface area contributed by atoms with Crippen molar-refractivity contribution < 1.29 is 24.2 Å². The Kier molecular flexibility index (Phi) is 7.94. The standard InChI is InChI=1S/C10H16O4.C10H14O/c1-4-10(2,3)9(12)14-7-5-6-13-8(7)11;1-3-8(2)9-4-6-10(11)7-5-9/h7H,4-6H2,1-3H3;4-8,11H,3H2,1-2H3. The lowest BCUT2D eigenvalue weighted by Crippen LogP contribution is -2.32. The van der Waals surface area contributed by atoms with Crippen LogP contribution in [0.2, 0.25) is 0 Å². The summed E-state index contributed by atoms with van der Waals surface area (Å²) in [6.07, 6.45) is 1.62. The molecule has 0 aromatic heterocycles. The van der Waals surface area contributed by atoms with Crippen molar-refractivity contribution in [3.63, 3.8) is 0 Å². The predicted molar refractivity (Wildman–Crippen MR) is 96.3 cm³/mol. The van der Waals surface area contributed by atoms with Crippen LogP contribution in [0.25, 0.3) is 0 Å². The van der Waals surface area contributed by atoms with Crippen LogP contribution in [0.15, 0.2) is 24.3 Å². The number of rotatable bonds is 5. The van der Waals surface area contributed by atoms with E-state index in [9.17, 15) is 9.59 Å². The van der Waals surface area contributed by atoms with Gasteiger partial charge in [0.25, 0.3) is 0 Å². The first-order valence-electron chi connectivity index (χ1n) is 8.87. The number of phenolic OH excluding ortho intramolecular Hbond substituents is 1. The van der Waals surface area contributed by atoms with Gasteiger partial charge in [-0.2, -0.15) is 0 Å². The topological polar surface area (TPSA) is 72.8 Å². The molecule has 0 aliphatic carbocycles. The molecule has 0 amide bonds. The zero-order valence-corrected chi connectivity index (χ0v) is 15.9. The Morgan fingerprint density at radius 3 is 2.36 bits per heavy atom. The molecule has 2 rings (SSSR count). The molecule has 2 atom stereocenters. The molecule has 2 unspecified atom stereocenters. The zero-order valence-electron chi connectivity index (χ0n) is 15.9. The molecule has 25 heavy (non-hydrogen) atoms. The fourth-order valence-corrected chi connectivity index (χ4v) is 2.06. The average Bonchev–Trinajstić information content (AvgIpc) is 3.00. The van der Waals surface area contributed by atoms with Gasteiger partial charge in [-0.1, -0.05) is 32.9 Å². The maximum atomic E-state index is 11.6. The minimum absolute atomic E-state index is 0.330. The van der Waals surface area contributed by atoms with Crippen LogP contribution in [0, 0.1) is 5.41 Å². The quantitative estimate of drug-likeness (QED) is 0.806. The van der Waals surface area contributed by atoms with Gasteiger partial charge in [0.1, 0.15) is 5.75 Å². The molecule has 0 bridgehead atoms. The Balaban J connectivity index is 0.000000257. The summed E-state index contributed by atoms with van der Waals surface area (Å²) < 4.78 is 9.76. The molecule has 5 nitrogen and oxygen atoms in total. The number of carbonyl (C=O) groups excluding carboxylic acids is 2. The van der Waals surface area contributed by atoms with Gasteiger partial charge in [0, 0.05) is 6.42 Å². The zero-order chi connectivity index (χ0) is 19.0. The Hall–Kier alpha value is -2.04. The molecule has 1 fully saturated rings. The van der Waals surface area contributed by atoms with Crippen molar-refractivity contribution in [3.8, 4) is 5.75 Å². The minimum Gasteiger partial charge on any atom is -0.508 e. The molecular weight excluding hydrogens is 320 g/mol. The smallest absolute Gasteiger partial charge is 0.347 e. The predicted octanol–water partition coefficient (Wildman–Crippen LogP) is 4.19. The van der Waals surface area contributed by atoms with Crippen LogP contribution in [0.5, 0.6) is 5.75 Å². The summed E-state index contributed by atoms with van der Waals surface area (Å²) in [6, 6.07) is 7.43. The molecule has 1 aliphatic rings. The number of phenols is 1. The van der Waals surface area contributed by atoms with Crippen LogP contribution < -0.4 is 0 Å². The van der Waals surface area contributed by atoms with Gasteiger partial charge in [0.05, 0.1) is 12.0 Å². The molecule has 1 aromatic rings. The Morgan fingerprint density at radius 1 is 1.32 bits per heavy atom. The number of benzene rings is 1. The van der Waals surface area contributed by atoms with Crippen LogP contribution in [-0.4, -0.2) is 29.8 Å². The van der Waals surface area contributed by atoms with Gasteiger partial charge < -0.3 is 14.6 Å². The van der Waals surface area contributed by atoms with Crippen molar-refractivity contribution in [1.82, 2.24) is 0 Å². The maximum Gasteiger partial charge on any atom is 0.347 e. The number of hydrogen-bond acceptors (Lipinski definition) is 5. The van der Waals surface area contributed by atoms with E-state index >= 15 is 0 Å². The van der Waals surface area contributed by atoms with E-state index in [4.69, 9.17) is 14.6 Å². The van der Waals surface area contributed by atoms with Crippen molar-refractivity contribution in [1.29, 1.82) is 0 Å². The number of carbonyl (C=O) groups is 2. The van der Waals surface area contributed by atoms with Crippen LogP contribution >= 0.6 is 0 Å². The number of aromatic hydroxyl groups is 1. The second kappa shape index (κ2) is 9.44. The highest BCUT2D eigenvalue weighted by molar-refractivity contribution is 5.82. The molecule has 1 aromatic carbocycles. The van der Waals surface area contributed by atoms with E-state index in [1.165, 1.54) is 5.56 Å². The van der Waals surface area contributed by atoms with Crippen LogP contribution in [0.4, 0.5) is 0 Å². The van der Waals surface area contributed by atoms with Gasteiger partial charge in [-0.15, -0.1) is 0 Å². The Labute approximate surface area is 150 Å². The summed E-state index contributed by atoms with van der Waals surface area (Å²) in [6.45, 7) is 10.2. The summed E-state index contributed by atoms with van der Waals surface area (Å²) in [7, 11) is 0. The molecule has 0 spiro atoms. The van der Waals surface area contributed by atoms with Gasteiger partial charge in [0.15, 0.2) is 0 Å². The van der Waals surface area contributed by atoms with E-state index in [0.29, 0.717) is 31.1 Å². The van der Waals surface area contributed by atoms with Gasteiger partial charge >= 0.3 is 11.9 Å². The number of cyclic esters (lactones) is 1. The first kappa shape index (κ1) is 21.0. The summed E-state index contributed by atoms with van der Waals surface area (Å²) in [4.78, 5) is 22.6. The average molecular weight is 350 g/mol.